The second-order valence-corrected chi connectivity index (χ2v) is 7.79. The average Bonchev–Trinajstić information content (AvgIpc) is 3.18. The summed E-state index contributed by atoms with van der Waals surface area (Å²) in [6.45, 7) is 5.03. The van der Waals surface area contributed by atoms with Gasteiger partial charge in [0.25, 0.3) is 0 Å². The summed E-state index contributed by atoms with van der Waals surface area (Å²) >= 11 is 0. The van der Waals surface area contributed by atoms with E-state index in [0.29, 0.717) is 6.90 Å². The van der Waals surface area contributed by atoms with Crippen LogP contribution in [0.1, 0.15) is 40.4 Å². The molecule has 0 aromatic heterocycles. The van der Waals surface area contributed by atoms with Gasteiger partial charge in [-0.1, -0.05) is 0 Å². The highest BCUT2D eigenvalue weighted by Crippen LogP contribution is 2.51. The van der Waals surface area contributed by atoms with Crippen LogP contribution < -0.4 is 0 Å². The standard InChI is InChI=1S/C13H26BN2O2P/c1-11-12(10-13(14)17-11)18-19(15-6-2-3-7-15)16-8-4-5-9-16/h11-13H,2-10,14H2,1H3/t11-,12?,13-/m1/s1/i1D. The molecule has 3 aliphatic rings. The van der Waals surface area contributed by atoms with Crippen LogP contribution in [0.25, 0.3) is 0 Å². The Kier molecular flexibility index (Phi) is 4.39. The summed E-state index contributed by atoms with van der Waals surface area (Å²) in [6, 6.07) is 0.240. The number of hydrogen-bond acceptors (Lipinski definition) is 4. The van der Waals surface area contributed by atoms with Gasteiger partial charge in [0.15, 0.2) is 8.45 Å². The molecule has 0 radical (unpaired) electrons. The van der Waals surface area contributed by atoms with Crippen LogP contribution in [0.5, 0.6) is 0 Å². The van der Waals surface area contributed by atoms with Gasteiger partial charge in [-0.3, -0.25) is 0 Å². The van der Waals surface area contributed by atoms with Crippen molar-refractivity contribution in [1.82, 2.24) is 9.34 Å². The molecule has 3 atom stereocenters. The minimum atomic E-state index is -0.622. The SMILES string of the molecule is [2H]C[C@H]1O[C@@H](B)CC1OP(N1CCCC1)N1CCCC1. The summed E-state index contributed by atoms with van der Waals surface area (Å²) in [5.74, 6) is 0. The van der Waals surface area contributed by atoms with Crippen molar-refractivity contribution in [2.24, 2.45) is 0 Å². The number of nitrogens with zero attached hydrogens (tertiary/aromatic N) is 2. The predicted molar refractivity (Wildman–Crippen MR) is 80.9 cm³/mol. The Morgan fingerprint density at radius 3 is 2.26 bits per heavy atom. The summed E-state index contributed by atoms with van der Waals surface area (Å²) in [5, 5.41) is 0. The molecule has 0 N–H and O–H groups in total. The van der Waals surface area contributed by atoms with Crippen molar-refractivity contribution in [2.45, 2.75) is 57.2 Å². The number of ether oxygens (including phenoxy) is 1. The zero-order valence-electron chi connectivity index (χ0n) is 13.0. The third-order valence-corrected chi connectivity index (χ3v) is 6.49. The molecular weight excluding hydrogens is 258 g/mol. The second kappa shape index (κ2) is 6.40. The van der Waals surface area contributed by atoms with Gasteiger partial charge in [0, 0.05) is 33.6 Å². The quantitative estimate of drug-likeness (QED) is 0.578. The Morgan fingerprint density at radius 2 is 1.74 bits per heavy atom. The third kappa shape index (κ3) is 3.33. The molecule has 0 aromatic carbocycles. The average molecular weight is 285 g/mol. The van der Waals surface area contributed by atoms with Gasteiger partial charge in [-0.05, 0) is 39.0 Å². The van der Waals surface area contributed by atoms with Gasteiger partial charge in [0.1, 0.15) is 7.85 Å². The van der Waals surface area contributed by atoms with Crippen molar-refractivity contribution in [3.8, 4) is 0 Å². The van der Waals surface area contributed by atoms with Gasteiger partial charge in [-0.15, -0.1) is 0 Å². The molecule has 0 amide bonds. The Balaban J connectivity index is 1.65. The van der Waals surface area contributed by atoms with E-state index >= 15 is 0 Å². The fourth-order valence-corrected chi connectivity index (χ4v) is 5.55. The maximum Gasteiger partial charge on any atom is 0.188 e. The number of hydrogen-bond donors (Lipinski definition) is 0. The van der Waals surface area contributed by atoms with Gasteiger partial charge in [0.05, 0.1) is 12.2 Å². The third-order valence-electron chi connectivity index (χ3n) is 4.26. The lowest BCUT2D eigenvalue weighted by molar-refractivity contribution is 0.0542. The van der Waals surface area contributed by atoms with Crippen LogP contribution in [0, 0.1) is 0 Å². The summed E-state index contributed by atoms with van der Waals surface area (Å²) in [4.78, 5) is 0. The molecule has 0 bridgehead atoms. The largest absolute Gasteiger partial charge is 0.381 e. The van der Waals surface area contributed by atoms with Crippen LogP contribution in [0.2, 0.25) is 0 Å². The summed E-state index contributed by atoms with van der Waals surface area (Å²) in [6.07, 6.45) is 6.25. The molecule has 0 aliphatic carbocycles. The van der Waals surface area contributed by atoms with E-state index in [9.17, 15) is 0 Å². The van der Waals surface area contributed by atoms with Crippen molar-refractivity contribution >= 4 is 16.3 Å². The van der Waals surface area contributed by atoms with E-state index in [2.05, 4.69) is 17.2 Å². The summed E-state index contributed by atoms with van der Waals surface area (Å²) in [5.41, 5.74) is 0. The molecule has 0 saturated carbocycles. The van der Waals surface area contributed by atoms with Crippen molar-refractivity contribution < 1.29 is 10.6 Å². The molecule has 19 heavy (non-hydrogen) atoms. The Labute approximate surface area is 120 Å². The highest BCUT2D eigenvalue weighted by molar-refractivity contribution is 7.47. The highest BCUT2D eigenvalue weighted by atomic mass is 31.2. The Hall–Kier alpha value is 0.335. The van der Waals surface area contributed by atoms with Crippen LogP contribution in [0.4, 0.5) is 0 Å². The van der Waals surface area contributed by atoms with Gasteiger partial charge < -0.3 is 9.26 Å². The maximum absolute atomic E-state index is 7.66. The molecule has 0 aromatic rings. The minimum absolute atomic E-state index is 0.0276. The maximum atomic E-state index is 7.66. The molecule has 6 heteroatoms. The fraction of sp³-hybridized carbons (Fsp3) is 1.00. The van der Waals surface area contributed by atoms with Crippen LogP contribution in [0.15, 0.2) is 0 Å². The lowest BCUT2D eigenvalue weighted by Gasteiger charge is -2.35. The van der Waals surface area contributed by atoms with Crippen molar-refractivity contribution in [2.75, 3.05) is 26.2 Å². The zero-order valence-corrected chi connectivity index (χ0v) is 12.9. The zero-order chi connectivity index (χ0) is 13.9. The summed E-state index contributed by atoms with van der Waals surface area (Å²) in [7, 11) is 1.48. The first kappa shape index (κ1) is 13.0. The molecule has 0 spiro atoms. The van der Waals surface area contributed by atoms with E-state index in [-0.39, 0.29) is 18.2 Å². The fourth-order valence-electron chi connectivity index (χ4n) is 3.21. The second-order valence-electron chi connectivity index (χ2n) is 5.94. The predicted octanol–water partition coefficient (Wildman–Crippen LogP) is 1.56. The first-order valence-electron chi connectivity index (χ1n) is 8.40. The first-order valence-corrected chi connectivity index (χ1v) is 8.86. The first-order chi connectivity index (χ1) is 9.78. The molecule has 3 fully saturated rings. The normalized spacial score (nSPS) is 38.4. The molecule has 3 saturated heterocycles. The van der Waals surface area contributed by atoms with Crippen LogP contribution in [0.3, 0.4) is 0 Å². The van der Waals surface area contributed by atoms with E-state index < -0.39 is 8.45 Å². The Bertz CT molecular complexity index is 301. The van der Waals surface area contributed by atoms with E-state index in [1.807, 2.05) is 0 Å². The van der Waals surface area contributed by atoms with E-state index in [0.717, 1.165) is 6.42 Å². The van der Waals surface area contributed by atoms with Gasteiger partial charge in [0.2, 0.25) is 0 Å². The van der Waals surface area contributed by atoms with Crippen LogP contribution in [-0.4, -0.2) is 61.6 Å². The highest BCUT2D eigenvalue weighted by Gasteiger charge is 2.38. The molecule has 108 valence electrons. The van der Waals surface area contributed by atoms with E-state index in [1.165, 1.54) is 51.9 Å². The van der Waals surface area contributed by atoms with E-state index in [1.54, 1.807) is 0 Å². The van der Waals surface area contributed by atoms with Crippen LogP contribution >= 0.6 is 8.45 Å². The van der Waals surface area contributed by atoms with Crippen molar-refractivity contribution in [1.29, 1.82) is 0 Å². The molecular formula is C13H26BN2O2P. The molecule has 3 rings (SSSR count). The smallest absolute Gasteiger partial charge is 0.188 e. The van der Waals surface area contributed by atoms with Gasteiger partial charge in [-0.2, -0.15) is 0 Å². The lowest BCUT2D eigenvalue weighted by Crippen LogP contribution is -2.30. The summed E-state index contributed by atoms with van der Waals surface area (Å²) < 4.78 is 25.1. The van der Waals surface area contributed by atoms with Crippen molar-refractivity contribution in [3.63, 3.8) is 0 Å². The van der Waals surface area contributed by atoms with Crippen molar-refractivity contribution in [3.05, 3.63) is 0 Å². The van der Waals surface area contributed by atoms with Gasteiger partial charge in [-0.25, -0.2) is 9.34 Å². The lowest BCUT2D eigenvalue weighted by atomic mass is 9.96. The number of rotatable bonds is 4. The monoisotopic (exact) mass is 285 g/mol. The molecule has 4 nitrogen and oxygen atoms in total. The van der Waals surface area contributed by atoms with Gasteiger partial charge >= 0.3 is 0 Å². The topological polar surface area (TPSA) is 24.9 Å². The van der Waals surface area contributed by atoms with E-state index in [4.69, 9.17) is 10.6 Å². The molecule has 3 aliphatic heterocycles. The minimum Gasteiger partial charge on any atom is -0.381 e. The molecule has 3 heterocycles. The molecule has 1 unspecified atom stereocenters. The Morgan fingerprint density at radius 1 is 1.16 bits per heavy atom. The van der Waals surface area contributed by atoms with Crippen LogP contribution in [-0.2, 0) is 9.26 Å².